The number of hydrogen-bond acceptors (Lipinski definition) is 4. The summed E-state index contributed by atoms with van der Waals surface area (Å²) in [7, 11) is 0. The van der Waals surface area contributed by atoms with Crippen LogP contribution >= 0.6 is 11.6 Å². The topological polar surface area (TPSA) is 47.2 Å². The summed E-state index contributed by atoms with van der Waals surface area (Å²) in [4.78, 5) is 5.19. The molecule has 5 nitrogen and oxygen atoms in total. The zero-order valence-corrected chi connectivity index (χ0v) is 14.6. The van der Waals surface area contributed by atoms with Gasteiger partial charge in [-0.15, -0.1) is 0 Å². The van der Waals surface area contributed by atoms with Crippen molar-refractivity contribution in [2.45, 2.75) is 19.0 Å². The van der Waals surface area contributed by atoms with E-state index in [1.165, 1.54) is 25.1 Å². The van der Waals surface area contributed by atoms with Gasteiger partial charge in [0.1, 0.15) is 0 Å². The van der Waals surface area contributed by atoms with Crippen molar-refractivity contribution >= 4 is 11.6 Å². The van der Waals surface area contributed by atoms with E-state index in [4.69, 9.17) is 11.6 Å². The molecule has 1 aromatic heterocycles. The lowest BCUT2D eigenvalue weighted by Crippen LogP contribution is -2.49. The van der Waals surface area contributed by atoms with Gasteiger partial charge < -0.3 is 5.32 Å². The second-order valence-electron chi connectivity index (χ2n) is 6.74. The van der Waals surface area contributed by atoms with Gasteiger partial charge in [-0.1, -0.05) is 23.7 Å². The zero-order valence-electron chi connectivity index (χ0n) is 13.8. The summed E-state index contributed by atoms with van der Waals surface area (Å²) >= 11 is 6.13. The number of nitrogens with zero attached hydrogens (tertiary/aromatic N) is 3. The molecule has 1 unspecified atom stereocenters. The minimum Gasteiger partial charge on any atom is -0.314 e. The molecule has 0 spiro atoms. The number of piperazine rings is 1. The van der Waals surface area contributed by atoms with Crippen LogP contribution in [0.25, 0.3) is 11.3 Å². The van der Waals surface area contributed by atoms with E-state index >= 15 is 0 Å². The first-order valence-electron chi connectivity index (χ1n) is 8.75. The first-order chi connectivity index (χ1) is 11.8. The molecule has 4 rings (SSSR count). The van der Waals surface area contributed by atoms with E-state index in [1.807, 2.05) is 24.4 Å². The van der Waals surface area contributed by atoms with Gasteiger partial charge in [-0.2, -0.15) is 5.10 Å². The molecule has 0 saturated carbocycles. The highest BCUT2D eigenvalue weighted by molar-refractivity contribution is 6.30. The van der Waals surface area contributed by atoms with Crippen molar-refractivity contribution < 1.29 is 0 Å². The van der Waals surface area contributed by atoms with E-state index in [1.54, 1.807) is 0 Å². The molecule has 6 heteroatoms. The first-order valence-corrected chi connectivity index (χ1v) is 9.13. The molecule has 128 valence electrons. The average Bonchev–Trinajstić information content (AvgIpc) is 3.26. The lowest BCUT2D eigenvalue weighted by Gasteiger charge is -2.32. The van der Waals surface area contributed by atoms with E-state index in [0.717, 1.165) is 49.0 Å². The van der Waals surface area contributed by atoms with Crippen molar-refractivity contribution in [2.75, 3.05) is 39.3 Å². The third kappa shape index (κ3) is 3.49. The molecule has 0 radical (unpaired) electrons. The van der Waals surface area contributed by atoms with Crippen molar-refractivity contribution in [3.8, 4) is 11.3 Å². The number of likely N-dealkylation sites (tertiary alicyclic amines) is 1. The van der Waals surface area contributed by atoms with Gasteiger partial charge in [0, 0.05) is 68.0 Å². The van der Waals surface area contributed by atoms with E-state index in [2.05, 4.69) is 31.4 Å². The van der Waals surface area contributed by atoms with Crippen LogP contribution in [-0.2, 0) is 6.54 Å². The number of halogens is 1. The molecule has 2 N–H and O–H groups in total. The molecule has 0 aliphatic carbocycles. The molecule has 2 saturated heterocycles. The lowest BCUT2D eigenvalue weighted by atomic mass is 10.1. The summed E-state index contributed by atoms with van der Waals surface area (Å²) in [6, 6.07) is 8.66. The molecule has 1 atom stereocenters. The minimum atomic E-state index is 0.702. The monoisotopic (exact) mass is 345 g/mol. The number of nitrogens with one attached hydrogen (secondary N) is 2. The summed E-state index contributed by atoms with van der Waals surface area (Å²) in [5.74, 6) is 0. The van der Waals surface area contributed by atoms with Gasteiger partial charge in [-0.25, -0.2) is 0 Å². The Morgan fingerprint density at radius 2 is 2.08 bits per heavy atom. The Morgan fingerprint density at radius 1 is 1.21 bits per heavy atom. The fraction of sp³-hybridized carbons (Fsp3) is 0.500. The van der Waals surface area contributed by atoms with E-state index in [-0.39, 0.29) is 0 Å². The van der Waals surface area contributed by atoms with Crippen molar-refractivity contribution in [3.05, 3.63) is 41.0 Å². The van der Waals surface area contributed by atoms with Crippen LogP contribution in [0, 0.1) is 0 Å². The van der Waals surface area contributed by atoms with Crippen LogP contribution in [0.5, 0.6) is 0 Å². The molecular weight excluding hydrogens is 322 g/mol. The van der Waals surface area contributed by atoms with Crippen molar-refractivity contribution in [1.29, 1.82) is 0 Å². The van der Waals surface area contributed by atoms with Gasteiger partial charge in [0.2, 0.25) is 0 Å². The number of aromatic nitrogens is 2. The number of benzene rings is 1. The quantitative estimate of drug-likeness (QED) is 0.892. The second kappa shape index (κ2) is 7.23. The fourth-order valence-electron chi connectivity index (χ4n) is 3.87. The van der Waals surface area contributed by atoms with E-state index < -0.39 is 0 Å². The van der Waals surface area contributed by atoms with Crippen LogP contribution in [-0.4, -0.2) is 65.3 Å². The Morgan fingerprint density at radius 3 is 2.92 bits per heavy atom. The van der Waals surface area contributed by atoms with Crippen molar-refractivity contribution in [1.82, 2.24) is 25.3 Å². The summed E-state index contributed by atoms with van der Waals surface area (Å²) in [5.41, 5.74) is 3.44. The SMILES string of the molecule is Clc1cccc(-c2[nH]ncc2CN2CCC(N3CCNCC3)C2)c1. The van der Waals surface area contributed by atoms with Crippen LogP contribution in [0.15, 0.2) is 30.5 Å². The highest BCUT2D eigenvalue weighted by Crippen LogP contribution is 2.26. The number of hydrogen-bond donors (Lipinski definition) is 2. The molecule has 2 fully saturated rings. The van der Waals surface area contributed by atoms with Crippen molar-refractivity contribution in [2.24, 2.45) is 0 Å². The third-order valence-electron chi connectivity index (χ3n) is 5.14. The Kier molecular flexibility index (Phi) is 4.85. The van der Waals surface area contributed by atoms with Gasteiger partial charge >= 0.3 is 0 Å². The van der Waals surface area contributed by atoms with Gasteiger partial charge in [0.15, 0.2) is 0 Å². The molecule has 3 heterocycles. The van der Waals surface area contributed by atoms with Gasteiger partial charge in [0.05, 0.1) is 11.9 Å². The minimum absolute atomic E-state index is 0.702. The largest absolute Gasteiger partial charge is 0.314 e. The average molecular weight is 346 g/mol. The Hall–Kier alpha value is -1.40. The summed E-state index contributed by atoms with van der Waals surface area (Å²) in [6.45, 7) is 7.86. The predicted octanol–water partition coefficient (Wildman–Crippen LogP) is 2.21. The molecule has 1 aromatic carbocycles. The molecular formula is C18H24ClN5. The van der Waals surface area contributed by atoms with E-state index in [9.17, 15) is 0 Å². The number of aromatic amines is 1. The van der Waals surface area contributed by atoms with Crippen molar-refractivity contribution in [3.63, 3.8) is 0 Å². The molecule has 24 heavy (non-hydrogen) atoms. The number of rotatable bonds is 4. The molecule has 0 amide bonds. The van der Waals surface area contributed by atoms with Crippen LogP contribution in [0.1, 0.15) is 12.0 Å². The van der Waals surface area contributed by atoms with Crippen LogP contribution < -0.4 is 5.32 Å². The summed E-state index contributed by atoms with van der Waals surface area (Å²) < 4.78 is 0. The Bertz CT molecular complexity index is 680. The Labute approximate surface area is 148 Å². The van der Waals surface area contributed by atoms with Gasteiger partial charge in [0.25, 0.3) is 0 Å². The summed E-state index contributed by atoms with van der Waals surface area (Å²) in [6.07, 6.45) is 3.22. The smallest absolute Gasteiger partial charge is 0.0695 e. The van der Waals surface area contributed by atoms with E-state index in [0.29, 0.717) is 6.04 Å². The third-order valence-corrected chi connectivity index (χ3v) is 5.38. The van der Waals surface area contributed by atoms with Gasteiger partial charge in [-0.05, 0) is 18.6 Å². The summed E-state index contributed by atoms with van der Waals surface area (Å²) in [5, 5.41) is 11.6. The highest BCUT2D eigenvalue weighted by Gasteiger charge is 2.28. The van der Waals surface area contributed by atoms with Crippen LogP contribution in [0.3, 0.4) is 0 Å². The fourth-order valence-corrected chi connectivity index (χ4v) is 4.06. The van der Waals surface area contributed by atoms with Gasteiger partial charge in [-0.3, -0.25) is 14.9 Å². The van der Waals surface area contributed by atoms with Crippen LogP contribution in [0.4, 0.5) is 0 Å². The molecule has 2 aliphatic heterocycles. The normalized spacial score (nSPS) is 23.0. The van der Waals surface area contributed by atoms with Crippen LogP contribution in [0.2, 0.25) is 5.02 Å². The maximum atomic E-state index is 6.13. The maximum Gasteiger partial charge on any atom is 0.0695 e. The molecule has 2 aromatic rings. The zero-order chi connectivity index (χ0) is 16.4. The Balaban J connectivity index is 1.42. The standard InChI is InChI=1S/C18H24ClN5/c19-16-3-1-2-14(10-16)18-15(11-21-22-18)12-23-7-4-17(13-23)24-8-5-20-6-9-24/h1-3,10-11,17,20H,4-9,12-13H2,(H,21,22). The molecule has 2 aliphatic rings. The second-order valence-corrected chi connectivity index (χ2v) is 7.18. The number of H-pyrrole nitrogens is 1. The predicted molar refractivity (Wildman–Crippen MR) is 97.2 cm³/mol. The lowest BCUT2D eigenvalue weighted by molar-refractivity contribution is 0.170. The molecule has 0 bridgehead atoms. The highest BCUT2D eigenvalue weighted by atomic mass is 35.5. The maximum absolute atomic E-state index is 6.13. The first kappa shape index (κ1) is 16.1.